The number of amides is 1. The highest BCUT2D eigenvalue weighted by Crippen LogP contribution is 2.33. The van der Waals surface area contributed by atoms with Crippen LogP contribution in [0, 0.1) is 0 Å². The van der Waals surface area contributed by atoms with E-state index in [9.17, 15) is 61.0 Å². The topological polar surface area (TPSA) is 307 Å². The zero-order valence-corrected chi connectivity index (χ0v) is 63.9. The molecule has 17 unspecified atom stereocenters. The molecule has 12 N–H and O–H groups in total. The summed E-state index contributed by atoms with van der Waals surface area (Å²) in [6.45, 7) is 1.85. The molecule has 19 heteroatoms. The van der Waals surface area contributed by atoms with Crippen molar-refractivity contribution in [3.8, 4) is 0 Å². The Kier molecular flexibility index (Phi) is 58.5. The molecule has 3 aliphatic heterocycles. The van der Waals surface area contributed by atoms with Gasteiger partial charge < -0.3 is 89.9 Å². The number of aliphatic hydroxyl groups is 11. The van der Waals surface area contributed by atoms with E-state index >= 15 is 0 Å². The second kappa shape index (κ2) is 63.2. The monoisotopic (exact) mass is 1440 g/mol. The lowest BCUT2D eigenvalue weighted by Gasteiger charge is -2.48. The van der Waals surface area contributed by atoms with Crippen molar-refractivity contribution in [1.29, 1.82) is 0 Å². The lowest BCUT2D eigenvalue weighted by atomic mass is 9.96. The molecule has 3 saturated heterocycles. The van der Waals surface area contributed by atoms with Gasteiger partial charge in [0, 0.05) is 6.42 Å². The van der Waals surface area contributed by atoms with Crippen LogP contribution in [0.5, 0.6) is 0 Å². The number of nitrogens with one attached hydrogen (secondary N) is 1. The fraction of sp³-hybridized carbons (Fsp3) is 0.939. The summed E-state index contributed by atoms with van der Waals surface area (Å²) < 4.78 is 34.5. The fourth-order valence-corrected chi connectivity index (χ4v) is 14.5. The van der Waals surface area contributed by atoms with Crippen molar-refractivity contribution >= 4 is 5.91 Å². The molecule has 1 amide bonds. The normalized spacial score (nSPS) is 26.4. The summed E-state index contributed by atoms with van der Waals surface area (Å²) in [4.78, 5) is 13.5. The largest absolute Gasteiger partial charge is 0.394 e. The van der Waals surface area contributed by atoms with Crippen molar-refractivity contribution in [2.75, 3.05) is 26.4 Å². The van der Waals surface area contributed by atoms with Gasteiger partial charge >= 0.3 is 0 Å². The van der Waals surface area contributed by atoms with Crippen LogP contribution >= 0.6 is 0 Å². The second-order valence-corrected chi connectivity index (χ2v) is 30.3. The van der Waals surface area contributed by atoms with E-state index in [1.54, 1.807) is 0 Å². The molecule has 3 heterocycles. The average Bonchev–Trinajstić information content (AvgIpc) is 0.782. The second-order valence-electron chi connectivity index (χ2n) is 30.3. The molecule has 0 radical (unpaired) electrons. The third-order valence-electron chi connectivity index (χ3n) is 21.3. The number of hydrogen-bond donors (Lipinski definition) is 12. The smallest absolute Gasteiger partial charge is 0.220 e. The van der Waals surface area contributed by atoms with Gasteiger partial charge in [-0.05, 0) is 44.9 Å². The van der Waals surface area contributed by atoms with Crippen LogP contribution in [-0.2, 0) is 33.2 Å². The first-order valence-electron chi connectivity index (χ1n) is 42.1. The van der Waals surface area contributed by atoms with Crippen LogP contribution < -0.4 is 5.32 Å². The van der Waals surface area contributed by atoms with Crippen molar-refractivity contribution in [3.63, 3.8) is 0 Å². The molecule has 3 rings (SSSR count). The quantitative estimate of drug-likeness (QED) is 0.0199. The third kappa shape index (κ3) is 43.2. The van der Waals surface area contributed by atoms with Gasteiger partial charge in [-0.25, -0.2) is 0 Å². The molecule has 101 heavy (non-hydrogen) atoms. The third-order valence-corrected chi connectivity index (χ3v) is 21.3. The summed E-state index contributed by atoms with van der Waals surface area (Å²) in [5, 5.41) is 121. The Balaban J connectivity index is 1.32. The van der Waals surface area contributed by atoms with E-state index in [2.05, 4.69) is 43.5 Å². The number of rotatable bonds is 68. The summed E-state index contributed by atoms with van der Waals surface area (Å²) in [6.07, 6.45) is 49.9. The lowest BCUT2D eigenvalue weighted by molar-refractivity contribution is -0.379. The van der Waals surface area contributed by atoms with Gasteiger partial charge in [0.05, 0.1) is 38.6 Å². The summed E-state index contributed by atoms with van der Waals surface area (Å²) in [5.74, 6) is -0.234. The van der Waals surface area contributed by atoms with Gasteiger partial charge in [0.2, 0.25) is 5.91 Å². The van der Waals surface area contributed by atoms with Gasteiger partial charge in [0.25, 0.3) is 0 Å². The molecule has 0 aliphatic carbocycles. The van der Waals surface area contributed by atoms with Crippen LogP contribution in [0.3, 0.4) is 0 Å². The highest BCUT2D eigenvalue weighted by molar-refractivity contribution is 5.76. The number of unbranched alkanes of at least 4 members (excludes halogenated alkanes) is 48. The Morgan fingerprint density at radius 1 is 0.356 bits per heavy atom. The first kappa shape index (κ1) is 93.5. The van der Waals surface area contributed by atoms with Gasteiger partial charge in [-0.15, -0.1) is 0 Å². The van der Waals surface area contributed by atoms with Crippen molar-refractivity contribution in [1.82, 2.24) is 5.32 Å². The Morgan fingerprint density at radius 2 is 0.653 bits per heavy atom. The predicted octanol–water partition coefficient (Wildman–Crippen LogP) is 14.5. The van der Waals surface area contributed by atoms with E-state index in [0.717, 1.165) is 51.4 Å². The van der Waals surface area contributed by atoms with Crippen LogP contribution in [0.25, 0.3) is 0 Å². The first-order chi connectivity index (χ1) is 49.3. The zero-order valence-electron chi connectivity index (χ0n) is 63.9. The number of allylic oxidation sites excluding steroid dienone is 4. The Labute approximate surface area is 613 Å². The predicted molar refractivity (Wildman–Crippen MR) is 402 cm³/mol. The van der Waals surface area contributed by atoms with Gasteiger partial charge in [-0.1, -0.05) is 334 Å². The first-order valence-corrected chi connectivity index (χ1v) is 42.1. The van der Waals surface area contributed by atoms with Gasteiger partial charge in [-0.3, -0.25) is 4.79 Å². The number of ether oxygens (including phenoxy) is 6. The maximum Gasteiger partial charge on any atom is 0.220 e. The Bertz CT molecular complexity index is 1920. The number of carbonyl (C=O) groups is 1. The summed E-state index contributed by atoms with van der Waals surface area (Å²) in [7, 11) is 0. The maximum absolute atomic E-state index is 13.5. The van der Waals surface area contributed by atoms with E-state index in [1.807, 2.05) is 0 Å². The standard InChI is InChI=1S/C82H155NO18/c1-3-5-7-9-11-13-15-17-19-21-23-25-26-27-28-29-30-31-32-33-34-35-36-37-38-40-42-44-46-48-50-52-54-56-58-60-70(88)83-65(66(87)59-57-55-53-51-49-47-45-43-41-39-24-22-20-18-16-14-12-10-8-6-4-2)64-96-80-76(94)73(91)78(68(62-85)98-80)101-82-77(95)74(92)79(69(63-86)99-82)100-81-75(93)72(90)71(89)67(61-84)97-81/h15,17,21,23,65-69,71-82,84-87,89-95H,3-14,16,18-20,22,24-64H2,1-2H3,(H,83,88)/b17-15-,23-21-. The van der Waals surface area contributed by atoms with E-state index in [4.69, 9.17) is 28.4 Å². The van der Waals surface area contributed by atoms with E-state index < -0.39 is 124 Å². The average molecular weight is 1440 g/mol. The van der Waals surface area contributed by atoms with Crippen LogP contribution in [0.1, 0.15) is 361 Å². The lowest BCUT2D eigenvalue weighted by Crippen LogP contribution is -2.66. The SMILES string of the molecule is CCCCCCC/C=C\C/C=C\CCCCCCCCCCCCCCCCCCCCCCCCCC(=O)NC(COC1OC(CO)C(OC2OC(CO)C(OC3OC(CO)C(O)C(O)C3O)C(O)C2O)C(O)C1O)C(O)CCCCCCCCCCCCCCCCCCCCCCC. The molecule has 0 bridgehead atoms. The molecular formula is C82H155NO18. The van der Waals surface area contributed by atoms with Crippen molar-refractivity contribution in [2.45, 2.75) is 465 Å². The molecule has 0 saturated carbocycles. The maximum atomic E-state index is 13.5. The zero-order chi connectivity index (χ0) is 73.2. The van der Waals surface area contributed by atoms with Crippen LogP contribution in [0.4, 0.5) is 0 Å². The van der Waals surface area contributed by atoms with E-state index in [0.29, 0.717) is 12.8 Å². The summed E-state index contributed by atoms with van der Waals surface area (Å²) >= 11 is 0. The molecule has 19 nitrogen and oxygen atoms in total. The fourth-order valence-electron chi connectivity index (χ4n) is 14.5. The highest BCUT2D eigenvalue weighted by atomic mass is 16.8. The van der Waals surface area contributed by atoms with Gasteiger partial charge in [0.1, 0.15) is 73.2 Å². The molecule has 0 aromatic carbocycles. The number of hydrogen-bond acceptors (Lipinski definition) is 18. The van der Waals surface area contributed by atoms with Crippen molar-refractivity contribution in [3.05, 3.63) is 24.3 Å². The van der Waals surface area contributed by atoms with Crippen LogP contribution in [0.2, 0.25) is 0 Å². The minimum atomic E-state index is -1.97. The molecule has 0 spiro atoms. The van der Waals surface area contributed by atoms with Crippen molar-refractivity contribution in [2.24, 2.45) is 0 Å². The molecule has 0 aromatic rings. The highest BCUT2D eigenvalue weighted by Gasteiger charge is 2.54. The van der Waals surface area contributed by atoms with E-state index in [1.165, 1.54) is 276 Å². The number of carbonyl (C=O) groups excluding carboxylic acids is 1. The van der Waals surface area contributed by atoms with Crippen LogP contribution in [0.15, 0.2) is 24.3 Å². The minimum absolute atomic E-state index is 0.234. The van der Waals surface area contributed by atoms with Crippen LogP contribution in [-0.4, -0.2) is 193 Å². The molecule has 0 aromatic heterocycles. The number of aliphatic hydroxyl groups excluding tert-OH is 11. The summed E-state index contributed by atoms with van der Waals surface area (Å²) in [5.41, 5.74) is 0. The Hall–Kier alpha value is -1.73. The van der Waals surface area contributed by atoms with Gasteiger partial charge in [0.15, 0.2) is 18.9 Å². The summed E-state index contributed by atoms with van der Waals surface area (Å²) in [6, 6.07) is -0.885. The molecule has 3 fully saturated rings. The Morgan fingerprint density at radius 3 is 1.01 bits per heavy atom. The van der Waals surface area contributed by atoms with Gasteiger partial charge in [-0.2, -0.15) is 0 Å². The molecular weight excluding hydrogens is 1290 g/mol. The van der Waals surface area contributed by atoms with E-state index in [-0.39, 0.29) is 18.9 Å². The molecule has 3 aliphatic rings. The minimum Gasteiger partial charge on any atom is -0.394 e. The van der Waals surface area contributed by atoms with Crippen molar-refractivity contribution < 1.29 is 89.4 Å². The molecule has 596 valence electrons. The molecule has 17 atom stereocenters.